The molecule has 42 heavy (non-hydrogen) atoms. The zero-order valence-corrected chi connectivity index (χ0v) is 25.5. The third kappa shape index (κ3) is 5.52. The van der Waals surface area contributed by atoms with E-state index in [0.717, 1.165) is 19.3 Å². The van der Waals surface area contributed by atoms with Crippen molar-refractivity contribution in [1.29, 1.82) is 0 Å². The van der Waals surface area contributed by atoms with E-state index in [0.29, 0.717) is 34.3 Å². The minimum Gasteiger partial charge on any atom is -0.479 e. The lowest BCUT2D eigenvalue weighted by atomic mass is 9.62. The molecule has 1 saturated carbocycles. The summed E-state index contributed by atoms with van der Waals surface area (Å²) in [6.07, 6.45) is 6.31. The standard InChI is InChI=1S/C29H26BrCl2N3O7/c1-15-20(42-27(40)41-15)12-29(26(38)39,35-23-22(30)24(36)28(23)9-3-2-4-10-28)11-16-5-7-17(8-6-16)34-25(37)21-18(31)13-33-14-19(21)32/h5-8,13-14,35H,2-4,9-12H2,1H3,(H,34,37)(H,38,39)/t29-/m0/s1. The molecule has 10 nitrogen and oxygen atoms in total. The van der Waals surface area contributed by atoms with Gasteiger partial charge in [0.25, 0.3) is 5.91 Å². The average Bonchev–Trinajstić information content (AvgIpc) is 3.28. The maximum absolute atomic E-state index is 13.1. The summed E-state index contributed by atoms with van der Waals surface area (Å²) >= 11 is 15.6. The second-order valence-electron chi connectivity index (χ2n) is 10.6. The van der Waals surface area contributed by atoms with E-state index in [4.69, 9.17) is 32.0 Å². The lowest BCUT2D eigenvalue weighted by molar-refractivity contribution is -0.145. The summed E-state index contributed by atoms with van der Waals surface area (Å²) in [4.78, 5) is 54.6. The Bertz CT molecular complexity index is 1640. The van der Waals surface area contributed by atoms with Crippen LogP contribution < -0.4 is 16.5 Å². The van der Waals surface area contributed by atoms with Crippen LogP contribution in [-0.4, -0.2) is 33.3 Å². The van der Waals surface area contributed by atoms with Gasteiger partial charge in [-0.15, -0.1) is 0 Å². The number of hydrogen-bond donors (Lipinski definition) is 3. The van der Waals surface area contributed by atoms with Crippen molar-refractivity contribution in [3.63, 3.8) is 0 Å². The molecule has 2 aliphatic rings. The van der Waals surface area contributed by atoms with E-state index in [1.807, 2.05) is 0 Å². The maximum Gasteiger partial charge on any atom is 0.519 e. The number of aryl methyl sites for hydroxylation is 1. The van der Waals surface area contributed by atoms with E-state index in [1.165, 1.54) is 19.3 Å². The number of hydrogen-bond acceptors (Lipinski definition) is 8. The average molecular weight is 679 g/mol. The molecule has 2 heterocycles. The van der Waals surface area contributed by atoms with Gasteiger partial charge in [0, 0.05) is 36.6 Å². The van der Waals surface area contributed by atoms with Crippen LogP contribution in [0, 0.1) is 12.3 Å². The third-order valence-electron chi connectivity index (χ3n) is 7.91. The van der Waals surface area contributed by atoms with Crippen molar-refractivity contribution in [3.05, 3.63) is 90.1 Å². The predicted octanol–water partition coefficient (Wildman–Crippen LogP) is 5.83. The number of carbonyl (C=O) groups excluding carboxylic acids is 2. The highest BCUT2D eigenvalue weighted by Gasteiger charge is 2.56. The number of benzene rings is 1. The fourth-order valence-corrected chi connectivity index (χ4v) is 7.07. The zero-order chi connectivity index (χ0) is 30.2. The van der Waals surface area contributed by atoms with Crippen LogP contribution >= 0.6 is 39.1 Å². The summed E-state index contributed by atoms with van der Waals surface area (Å²) in [5, 5.41) is 16.8. The van der Waals surface area contributed by atoms with Crippen molar-refractivity contribution in [1.82, 2.24) is 10.3 Å². The Morgan fingerprint density at radius 1 is 1.05 bits per heavy atom. The van der Waals surface area contributed by atoms with Gasteiger partial charge in [0.1, 0.15) is 11.3 Å². The first kappa shape index (κ1) is 30.1. The number of ketones is 1. The summed E-state index contributed by atoms with van der Waals surface area (Å²) in [5.74, 6) is -2.45. The van der Waals surface area contributed by atoms with E-state index in [9.17, 15) is 24.3 Å². The van der Waals surface area contributed by atoms with Crippen LogP contribution in [-0.2, 0) is 22.4 Å². The highest BCUT2D eigenvalue weighted by molar-refractivity contribution is 9.12. The number of aromatic nitrogens is 1. The zero-order valence-electron chi connectivity index (χ0n) is 22.4. The van der Waals surface area contributed by atoms with Crippen LogP contribution in [0.3, 0.4) is 0 Å². The van der Waals surface area contributed by atoms with Crippen molar-refractivity contribution >= 4 is 62.5 Å². The highest BCUT2D eigenvalue weighted by Crippen LogP contribution is 2.54. The van der Waals surface area contributed by atoms with Crippen LogP contribution in [0.25, 0.3) is 0 Å². The van der Waals surface area contributed by atoms with Crippen molar-refractivity contribution in [2.24, 2.45) is 5.41 Å². The third-order valence-corrected chi connectivity index (χ3v) is 9.24. The Hall–Kier alpha value is -3.41. The van der Waals surface area contributed by atoms with E-state index in [2.05, 4.69) is 31.5 Å². The van der Waals surface area contributed by atoms with Gasteiger partial charge in [-0.3, -0.25) is 14.6 Å². The fourth-order valence-electron chi connectivity index (χ4n) is 5.67. The first-order chi connectivity index (χ1) is 20.0. The van der Waals surface area contributed by atoms with Gasteiger partial charge in [-0.05, 0) is 53.4 Å². The molecule has 1 atom stereocenters. The van der Waals surface area contributed by atoms with Crippen LogP contribution in [0.1, 0.15) is 59.5 Å². The number of carboxylic acids is 1. The van der Waals surface area contributed by atoms with Crippen LogP contribution in [0.15, 0.2) is 60.5 Å². The molecule has 13 heteroatoms. The summed E-state index contributed by atoms with van der Waals surface area (Å²) < 4.78 is 10.5. The molecular formula is C29H26BrCl2N3O7. The van der Waals surface area contributed by atoms with E-state index in [-0.39, 0.29) is 45.8 Å². The smallest absolute Gasteiger partial charge is 0.479 e. The summed E-state index contributed by atoms with van der Waals surface area (Å²) in [7, 11) is 0. The minimum absolute atomic E-state index is 0.0375. The Morgan fingerprint density at radius 2 is 1.69 bits per heavy atom. The number of allylic oxidation sites excluding steroid dienone is 2. The second kappa shape index (κ2) is 11.7. The Morgan fingerprint density at radius 3 is 2.26 bits per heavy atom. The molecule has 1 fully saturated rings. The number of amides is 1. The number of carbonyl (C=O) groups is 3. The predicted molar refractivity (Wildman–Crippen MR) is 158 cm³/mol. The number of nitrogens with one attached hydrogen (secondary N) is 2. The summed E-state index contributed by atoms with van der Waals surface area (Å²) in [6, 6.07) is 6.59. The largest absolute Gasteiger partial charge is 0.519 e. The molecule has 2 aromatic heterocycles. The Balaban J connectivity index is 1.46. The summed E-state index contributed by atoms with van der Waals surface area (Å²) in [6.45, 7) is 1.52. The number of carboxylic acid groups (broad SMARTS) is 1. The molecule has 1 aromatic carbocycles. The first-order valence-electron chi connectivity index (χ1n) is 13.2. The van der Waals surface area contributed by atoms with Gasteiger partial charge >= 0.3 is 11.8 Å². The number of nitrogens with zero attached hydrogens (tertiary/aromatic N) is 1. The van der Waals surface area contributed by atoms with Gasteiger partial charge in [0.2, 0.25) is 0 Å². The van der Waals surface area contributed by atoms with Crippen molar-refractivity contribution in [2.45, 2.75) is 57.4 Å². The number of Topliss-reactive ketones (excluding diaryl/α,β-unsaturated/α-hetero) is 1. The fraction of sp³-hybridized carbons (Fsp3) is 0.345. The quantitative estimate of drug-likeness (QED) is 0.254. The molecule has 1 amide bonds. The van der Waals surface area contributed by atoms with Gasteiger partial charge in [-0.25, -0.2) is 9.59 Å². The lowest BCUT2D eigenvalue weighted by Gasteiger charge is -2.48. The van der Waals surface area contributed by atoms with Gasteiger partial charge in [0.15, 0.2) is 11.5 Å². The number of pyridine rings is 1. The Labute approximate surface area is 258 Å². The molecule has 3 aromatic rings. The molecule has 5 rings (SSSR count). The molecule has 0 radical (unpaired) electrons. The molecule has 0 aliphatic heterocycles. The van der Waals surface area contributed by atoms with Gasteiger partial charge < -0.3 is 24.6 Å². The van der Waals surface area contributed by atoms with E-state index < -0.39 is 28.7 Å². The van der Waals surface area contributed by atoms with Crippen LogP contribution in [0.4, 0.5) is 5.69 Å². The van der Waals surface area contributed by atoms with Crippen molar-refractivity contribution < 1.29 is 28.3 Å². The topological polar surface area (TPSA) is 152 Å². The molecule has 0 bridgehead atoms. The molecular weight excluding hydrogens is 653 g/mol. The molecule has 0 unspecified atom stereocenters. The first-order valence-corrected chi connectivity index (χ1v) is 14.8. The van der Waals surface area contributed by atoms with Gasteiger partial charge in [0.05, 0.1) is 25.5 Å². The van der Waals surface area contributed by atoms with Crippen LogP contribution in [0.2, 0.25) is 10.0 Å². The van der Waals surface area contributed by atoms with Crippen LogP contribution in [0.5, 0.6) is 0 Å². The highest BCUT2D eigenvalue weighted by atomic mass is 79.9. The number of rotatable bonds is 9. The molecule has 220 valence electrons. The van der Waals surface area contributed by atoms with Crippen molar-refractivity contribution in [3.8, 4) is 0 Å². The SMILES string of the molecule is Cc1oc(=O)oc1C[C@](Cc1ccc(NC(=O)c2c(Cl)cncc2Cl)cc1)(NC1=C(Br)C(=O)C12CCCCC2)C(=O)O. The summed E-state index contributed by atoms with van der Waals surface area (Å²) in [5.41, 5.74) is -0.830. The minimum atomic E-state index is -1.72. The van der Waals surface area contributed by atoms with Crippen molar-refractivity contribution in [2.75, 3.05) is 5.32 Å². The Kier molecular flexibility index (Phi) is 8.37. The number of halogens is 3. The van der Waals surface area contributed by atoms with Gasteiger partial charge in [-0.2, -0.15) is 0 Å². The molecule has 1 spiro atoms. The number of aliphatic carboxylic acids is 1. The lowest BCUT2D eigenvalue weighted by Crippen LogP contribution is -2.61. The monoisotopic (exact) mass is 677 g/mol. The maximum atomic E-state index is 13.1. The molecule has 3 N–H and O–H groups in total. The molecule has 0 saturated heterocycles. The molecule has 2 aliphatic carbocycles. The number of anilines is 1. The normalized spacial score (nSPS) is 17.5. The second-order valence-corrected chi connectivity index (χ2v) is 12.2. The van der Waals surface area contributed by atoms with Gasteiger partial charge in [-0.1, -0.05) is 54.6 Å². The van der Waals surface area contributed by atoms with E-state index >= 15 is 0 Å². The van der Waals surface area contributed by atoms with E-state index in [1.54, 1.807) is 24.3 Å².